The highest BCUT2D eigenvalue weighted by atomic mass is 32.1. The summed E-state index contributed by atoms with van der Waals surface area (Å²) in [6.07, 6.45) is 8.24. The van der Waals surface area contributed by atoms with Crippen LogP contribution < -0.4 is 5.32 Å². The van der Waals surface area contributed by atoms with Crippen molar-refractivity contribution in [1.82, 2.24) is 4.98 Å². The van der Waals surface area contributed by atoms with Crippen LogP contribution in [0.4, 0.5) is 5.13 Å². The number of nitrogens with zero attached hydrogens (tertiary/aromatic N) is 1. The van der Waals surface area contributed by atoms with Crippen LogP contribution in [-0.2, 0) is 0 Å². The summed E-state index contributed by atoms with van der Waals surface area (Å²) < 4.78 is 0. The Morgan fingerprint density at radius 3 is 2.79 bits per heavy atom. The Bertz CT molecular complexity index is 303. The Hall–Kier alpha value is -1.01. The number of aryl methyl sites for hydroxylation is 2. The van der Waals surface area contributed by atoms with Crippen LogP contribution in [0, 0.1) is 26.2 Å². The quantitative estimate of drug-likeness (QED) is 0.594. The highest BCUT2D eigenvalue weighted by Gasteiger charge is 2.01. The van der Waals surface area contributed by atoms with Gasteiger partial charge >= 0.3 is 0 Å². The third kappa shape index (κ3) is 3.39. The summed E-state index contributed by atoms with van der Waals surface area (Å²) >= 11 is 1.72. The molecule has 0 spiro atoms. The lowest BCUT2D eigenvalue weighted by molar-refractivity contribution is 0.789. The highest BCUT2D eigenvalue weighted by molar-refractivity contribution is 7.15. The van der Waals surface area contributed by atoms with Crippen molar-refractivity contribution in [3.05, 3.63) is 10.6 Å². The number of thiazole rings is 1. The predicted octanol–water partition coefficient (Wildman–Crippen LogP) is 2.98. The summed E-state index contributed by atoms with van der Waals surface area (Å²) in [5.74, 6) is 2.64. The molecule has 1 aromatic heterocycles. The third-order valence-electron chi connectivity index (χ3n) is 2.05. The average molecular weight is 208 g/mol. The minimum Gasteiger partial charge on any atom is -0.362 e. The number of terminal acetylenes is 1. The first-order chi connectivity index (χ1) is 6.74. The molecule has 0 aromatic carbocycles. The molecule has 1 aromatic rings. The fourth-order valence-corrected chi connectivity index (χ4v) is 1.94. The molecular weight excluding hydrogens is 192 g/mol. The summed E-state index contributed by atoms with van der Waals surface area (Å²) in [6, 6.07) is 0. The van der Waals surface area contributed by atoms with E-state index in [4.69, 9.17) is 6.42 Å². The van der Waals surface area contributed by atoms with Gasteiger partial charge in [-0.1, -0.05) is 0 Å². The maximum absolute atomic E-state index is 5.16. The molecule has 0 aliphatic carbocycles. The number of unbranched alkanes of at least 4 members (excludes halogenated alkanes) is 2. The standard InChI is InChI=1S/C11H16N2S/c1-4-5-6-7-8-12-11-13-9(2)10(3)14-11/h1H,5-8H2,2-3H3,(H,12,13). The molecule has 0 saturated carbocycles. The normalized spacial score (nSPS) is 9.79. The number of hydrogen-bond donors (Lipinski definition) is 1. The van der Waals surface area contributed by atoms with E-state index in [-0.39, 0.29) is 0 Å². The van der Waals surface area contributed by atoms with E-state index in [9.17, 15) is 0 Å². The Morgan fingerprint density at radius 1 is 1.43 bits per heavy atom. The Morgan fingerprint density at radius 2 is 2.21 bits per heavy atom. The van der Waals surface area contributed by atoms with Gasteiger partial charge in [-0.25, -0.2) is 4.98 Å². The maximum atomic E-state index is 5.16. The first-order valence-electron chi connectivity index (χ1n) is 4.85. The van der Waals surface area contributed by atoms with Gasteiger partial charge in [0.25, 0.3) is 0 Å². The second kappa shape index (κ2) is 5.66. The van der Waals surface area contributed by atoms with Crippen LogP contribution in [0.1, 0.15) is 29.8 Å². The SMILES string of the molecule is C#CCCCCNc1nc(C)c(C)s1. The topological polar surface area (TPSA) is 24.9 Å². The van der Waals surface area contributed by atoms with Crippen molar-refractivity contribution in [1.29, 1.82) is 0 Å². The molecule has 14 heavy (non-hydrogen) atoms. The van der Waals surface area contributed by atoms with E-state index in [1.165, 1.54) is 4.88 Å². The van der Waals surface area contributed by atoms with Gasteiger partial charge < -0.3 is 5.32 Å². The van der Waals surface area contributed by atoms with Gasteiger partial charge in [0.15, 0.2) is 5.13 Å². The van der Waals surface area contributed by atoms with Gasteiger partial charge in [-0.2, -0.15) is 0 Å². The zero-order chi connectivity index (χ0) is 10.4. The van der Waals surface area contributed by atoms with E-state index in [0.29, 0.717) is 0 Å². The second-order valence-corrected chi connectivity index (χ2v) is 4.45. The van der Waals surface area contributed by atoms with Gasteiger partial charge in [-0.05, 0) is 26.7 Å². The van der Waals surface area contributed by atoms with Crippen molar-refractivity contribution in [2.75, 3.05) is 11.9 Å². The Balaban J connectivity index is 2.22. The van der Waals surface area contributed by atoms with Gasteiger partial charge in [0.2, 0.25) is 0 Å². The maximum Gasteiger partial charge on any atom is 0.183 e. The summed E-state index contributed by atoms with van der Waals surface area (Å²) in [7, 11) is 0. The molecule has 1 heterocycles. The monoisotopic (exact) mass is 208 g/mol. The van der Waals surface area contributed by atoms with Crippen LogP contribution in [0.3, 0.4) is 0 Å². The lowest BCUT2D eigenvalue weighted by atomic mass is 10.2. The summed E-state index contributed by atoms with van der Waals surface area (Å²) in [5.41, 5.74) is 1.13. The zero-order valence-corrected chi connectivity index (χ0v) is 9.58. The van der Waals surface area contributed by atoms with Crippen molar-refractivity contribution in [2.24, 2.45) is 0 Å². The fourth-order valence-electron chi connectivity index (χ4n) is 1.10. The minimum atomic E-state index is 0.873. The van der Waals surface area contributed by atoms with Gasteiger partial charge in [0.05, 0.1) is 5.69 Å². The molecule has 0 amide bonds. The van der Waals surface area contributed by atoms with Crippen LogP contribution >= 0.6 is 11.3 Å². The molecule has 0 saturated heterocycles. The smallest absolute Gasteiger partial charge is 0.183 e. The van der Waals surface area contributed by atoms with E-state index in [1.54, 1.807) is 11.3 Å². The van der Waals surface area contributed by atoms with Gasteiger partial charge in [-0.15, -0.1) is 23.7 Å². The van der Waals surface area contributed by atoms with Crippen LogP contribution in [0.15, 0.2) is 0 Å². The van der Waals surface area contributed by atoms with Crippen LogP contribution in [0.25, 0.3) is 0 Å². The summed E-state index contributed by atoms with van der Waals surface area (Å²) in [4.78, 5) is 5.68. The van der Waals surface area contributed by atoms with Crippen molar-refractivity contribution in [3.8, 4) is 12.3 Å². The first-order valence-corrected chi connectivity index (χ1v) is 5.67. The van der Waals surface area contributed by atoms with Crippen LogP contribution in [0.2, 0.25) is 0 Å². The molecule has 3 heteroatoms. The van der Waals surface area contributed by atoms with Gasteiger partial charge in [-0.3, -0.25) is 0 Å². The molecule has 0 fully saturated rings. The second-order valence-electron chi connectivity index (χ2n) is 3.25. The lowest BCUT2D eigenvalue weighted by Gasteiger charge is -1.99. The molecule has 1 rings (SSSR count). The van der Waals surface area contributed by atoms with Crippen LogP contribution in [0.5, 0.6) is 0 Å². The van der Waals surface area contributed by atoms with Crippen molar-refractivity contribution in [2.45, 2.75) is 33.1 Å². The Kier molecular flexibility index (Phi) is 4.48. The molecule has 0 aliphatic rings. The molecule has 0 unspecified atom stereocenters. The summed E-state index contributed by atoms with van der Waals surface area (Å²) in [5, 5.41) is 4.33. The lowest BCUT2D eigenvalue weighted by Crippen LogP contribution is -2.00. The minimum absolute atomic E-state index is 0.873. The molecule has 1 N–H and O–H groups in total. The molecule has 0 aliphatic heterocycles. The number of aromatic nitrogens is 1. The number of anilines is 1. The molecular formula is C11H16N2S. The fraction of sp³-hybridized carbons (Fsp3) is 0.545. The van der Waals surface area contributed by atoms with Crippen LogP contribution in [-0.4, -0.2) is 11.5 Å². The van der Waals surface area contributed by atoms with E-state index in [2.05, 4.69) is 23.1 Å². The Labute approximate surface area is 89.8 Å². The van der Waals surface area contributed by atoms with Crippen molar-refractivity contribution < 1.29 is 0 Å². The molecule has 0 atom stereocenters. The van der Waals surface area contributed by atoms with Crippen molar-refractivity contribution >= 4 is 16.5 Å². The van der Waals surface area contributed by atoms with Crippen molar-refractivity contribution in [3.63, 3.8) is 0 Å². The zero-order valence-electron chi connectivity index (χ0n) is 8.76. The molecule has 76 valence electrons. The molecule has 0 bridgehead atoms. The van der Waals surface area contributed by atoms with Gasteiger partial charge in [0, 0.05) is 17.8 Å². The molecule has 0 radical (unpaired) electrons. The first kappa shape index (κ1) is 11.1. The van der Waals surface area contributed by atoms with E-state index >= 15 is 0 Å². The number of hydrogen-bond acceptors (Lipinski definition) is 3. The average Bonchev–Trinajstić information content (AvgIpc) is 2.46. The predicted molar refractivity (Wildman–Crippen MR) is 62.8 cm³/mol. The highest BCUT2D eigenvalue weighted by Crippen LogP contribution is 2.20. The third-order valence-corrected chi connectivity index (χ3v) is 3.08. The van der Waals surface area contributed by atoms with Gasteiger partial charge in [0.1, 0.15) is 0 Å². The summed E-state index contributed by atoms with van der Waals surface area (Å²) in [6.45, 7) is 5.10. The van der Waals surface area contributed by atoms with E-state index in [0.717, 1.165) is 36.6 Å². The number of rotatable bonds is 5. The number of nitrogens with one attached hydrogen (secondary N) is 1. The van der Waals surface area contributed by atoms with E-state index in [1.807, 2.05) is 6.92 Å². The van der Waals surface area contributed by atoms with E-state index < -0.39 is 0 Å². The largest absolute Gasteiger partial charge is 0.362 e. The molecule has 2 nitrogen and oxygen atoms in total.